The Hall–Kier alpha value is -2.78. The zero-order chi connectivity index (χ0) is 22.1. The van der Waals surface area contributed by atoms with Gasteiger partial charge in [-0.2, -0.15) is 0 Å². The number of halogens is 1. The predicted molar refractivity (Wildman–Crippen MR) is 125 cm³/mol. The fraction of sp³-hybridized carbons (Fsp3) is 0.261. The molecule has 1 saturated heterocycles. The highest BCUT2D eigenvalue weighted by Gasteiger charge is 2.36. The van der Waals surface area contributed by atoms with Crippen molar-refractivity contribution in [1.29, 1.82) is 0 Å². The van der Waals surface area contributed by atoms with Crippen molar-refractivity contribution in [3.8, 4) is 10.6 Å². The number of amides is 1. The monoisotopic (exact) mass is 467 g/mol. The molecule has 3 heterocycles. The van der Waals surface area contributed by atoms with Crippen molar-refractivity contribution in [1.82, 2.24) is 25.2 Å². The van der Waals surface area contributed by atoms with Gasteiger partial charge in [-0.1, -0.05) is 35.9 Å². The van der Waals surface area contributed by atoms with Crippen molar-refractivity contribution >= 4 is 39.9 Å². The molecule has 4 aromatic rings. The van der Waals surface area contributed by atoms with E-state index in [0.29, 0.717) is 36.9 Å². The molecule has 1 amide bonds. The minimum absolute atomic E-state index is 0.116. The van der Waals surface area contributed by atoms with Crippen LogP contribution >= 0.6 is 22.9 Å². The van der Waals surface area contributed by atoms with Crippen LogP contribution in [0.2, 0.25) is 5.02 Å². The number of aliphatic hydroxyl groups excluding tert-OH is 1. The Labute approximate surface area is 194 Å². The van der Waals surface area contributed by atoms with E-state index in [0.717, 1.165) is 27.3 Å². The van der Waals surface area contributed by atoms with Gasteiger partial charge in [-0.15, -0.1) is 11.3 Å². The number of benzene rings is 2. The van der Waals surface area contributed by atoms with Crippen LogP contribution in [0.4, 0.5) is 0 Å². The number of thiazole rings is 1. The Morgan fingerprint density at radius 1 is 1.22 bits per heavy atom. The molecule has 164 valence electrons. The van der Waals surface area contributed by atoms with Gasteiger partial charge in [-0.05, 0) is 30.7 Å². The summed E-state index contributed by atoms with van der Waals surface area (Å²) in [4.78, 5) is 27.3. The standard InChI is InChI=1S/C23H22ClN5O2S/c24-15-7-5-14(6-8-15)23-26-16(13-32-23)11-29-12-17(30)9-20(29)22(31)25-10-21-27-18-3-1-2-4-19(18)28-21/h1-8,13,17,20,30H,9-12H2,(H,25,31)(H,27,28)/t17-,20+/m1/s1. The number of aromatic amines is 1. The number of aromatic nitrogens is 3. The van der Waals surface area contributed by atoms with Gasteiger partial charge in [0.05, 0.1) is 35.4 Å². The second-order valence-electron chi connectivity index (χ2n) is 7.90. The molecule has 2 aromatic heterocycles. The van der Waals surface area contributed by atoms with Gasteiger partial charge < -0.3 is 15.4 Å². The number of likely N-dealkylation sites (tertiary alicyclic amines) is 1. The molecule has 7 nitrogen and oxygen atoms in total. The average Bonchev–Trinajstić information content (AvgIpc) is 3.51. The molecular formula is C23H22ClN5O2S. The Bertz CT molecular complexity index is 1210. The maximum Gasteiger partial charge on any atom is 0.237 e. The van der Waals surface area contributed by atoms with Gasteiger partial charge in [-0.25, -0.2) is 9.97 Å². The average molecular weight is 468 g/mol. The lowest BCUT2D eigenvalue weighted by Gasteiger charge is -2.22. The minimum Gasteiger partial charge on any atom is -0.392 e. The van der Waals surface area contributed by atoms with E-state index < -0.39 is 12.1 Å². The fourth-order valence-corrected chi connectivity index (χ4v) is 4.96. The molecule has 0 radical (unpaired) electrons. The largest absolute Gasteiger partial charge is 0.392 e. The summed E-state index contributed by atoms with van der Waals surface area (Å²) in [6.07, 6.45) is -0.133. The van der Waals surface area contributed by atoms with Gasteiger partial charge in [-0.3, -0.25) is 9.69 Å². The predicted octanol–water partition coefficient (Wildman–Crippen LogP) is 3.59. The number of nitrogens with one attached hydrogen (secondary N) is 2. The number of imidazole rings is 1. The molecule has 2 atom stereocenters. The molecule has 0 spiro atoms. The van der Waals surface area contributed by atoms with Crippen LogP contribution < -0.4 is 5.32 Å². The van der Waals surface area contributed by atoms with Gasteiger partial charge in [0, 0.05) is 29.1 Å². The molecular weight excluding hydrogens is 446 g/mol. The Morgan fingerprint density at radius 3 is 2.84 bits per heavy atom. The summed E-state index contributed by atoms with van der Waals surface area (Å²) < 4.78 is 0. The molecule has 1 aliphatic rings. The summed E-state index contributed by atoms with van der Waals surface area (Å²) >= 11 is 7.53. The Balaban J connectivity index is 1.24. The summed E-state index contributed by atoms with van der Waals surface area (Å²) in [5.74, 6) is 0.590. The lowest BCUT2D eigenvalue weighted by molar-refractivity contribution is -0.125. The molecule has 0 saturated carbocycles. The van der Waals surface area contributed by atoms with Crippen LogP contribution in [0.1, 0.15) is 17.9 Å². The van der Waals surface area contributed by atoms with Gasteiger partial charge in [0.15, 0.2) is 0 Å². The van der Waals surface area contributed by atoms with Crippen LogP contribution in [-0.2, 0) is 17.9 Å². The third kappa shape index (κ3) is 4.54. The highest BCUT2D eigenvalue weighted by Crippen LogP contribution is 2.27. The zero-order valence-electron chi connectivity index (χ0n) is 17.2. The first kappa shape index (κ1) is 21.1. The molecule has 0 bridgehead atoms. The van der Waals surface area contributed by atoms with Gasteiger partial charge in [0.25, 0.3) is 0 Å². The third-order valence-electron chi connectivity index (χ3n) is 5.56. The van der Waals surface area contributed by atoms with Crippen LogP contribution in [0.5, 0.6) is 0 Å². The van der Waals surface area contributed by atoms with Crippen molar-refractivity contribution < 1.29 is 9.90 Å². The summed E-state index contributed by atoms with van der Waals surface area (Å²) in [5.41, 5.74) is 3.70. The molecule has 2 aromatic carbocycles. The minimum atomic E-state index is -0.536. The number of para-hydroxylation sites is 2. The first-order valence-electron chi connectivity index (χ1n) is 10.4. The van der Waals surface area contributed by atoms with Crippen LogP contribution in [0, 0.1) is 0 Å². The number of hydrogen-bond donors (Lipinski definition) is 3. The molecule has 0 aliphatic carbocycles. The van der Waals surface area contributed by atoms with Crippen molar-refractivity contribution in [2.24, 2.45) is 0 Å². The summed E-state index contributed by atoms with van der Waals surface area (Å²) in [6, 6.07) is 14.9. The fourth-order valence-electron chi connectivity index (χ4n) is 4.02. The normalized spacial score (nSPS) is 18.9. The van der Waals surface area contributed by atoms with E-state index in [-0.39, 0.29) is 5.91 Å². The molecule has 1 aliphatic heterocycles. The Morgan fingerprint density at radius 2 is 2.03 bits per heavy atom. The zero-order valence-corrected chi connectivity index (χ0v) is 18.7. The number of carbonyl (C=O) groups is 1. The van der Waals surface area contributed by atoms with E-state index in [2.05, 4.69) is 15.3 Å². The maximum absolute atomic E-state index is 12.9. The van der Waals surface area contributed by atoms with Gasteiger partial charge in [0.1, 0.15) is 10.8 Å². The van der Waals surface area contributed by atoms with E-state index in [1.54, 1.807) is 11.3 Å². The molecule has 1 fully saturated rings. The van der Waals surface area contributed by atoms with Crippen molar-refractivity contribution in [3.05, 3.63) is 70.5 Å². The second kappa shape index (κ2) is 8.99. The lowest BCUT2D eigenvalue weighted by atomic mass is 10.2. The number of hydrogen-bond acceptors (Lipinski definition) is 6. The maximum atomic E-state index is 12.9. The quantitative estimate of drug-likeness (QED) is 0.403. The number of nitrogens with zero attached hydrogens (tertiary/aromatic N) is 3. The van der Waals surface area contributed by atoms with Gasteiger partial charge >= 0.3 is 0 Å². The summed E-state index contributed by atoms with van der Waals surface area (Å²) in [6.45, 7) is 1.26. The number of aliphatic hydroxyl groups is 1. The number of carbonyl (C=O) groups excluding carboxylic acids is 1. The number of H-pyrrole nitrogens is 1. The summed E-state index contributed by atoms with van der Waals surface area (Å²) in [5, 5.41) is 16.8. The highest BCUT2D eigenvalue weighted by atomic mass is 35.5. The molecule has 9 heteroatoms. The first-order valence-corrected chi connectivity index (χ1v) is 11.6. The number of fused-ring (bicyclic) bond motifs is 1. The van der Waals surface area contributed by atoms with E-state index in [1.165, 1.54) is 0 Å². The van der Waals surface area contributed by atoms with E-state index in [4.69, 9.17) is 16.6 Å². The van der Waals surface area contributed by atoms with E-state index in [1.807, 2.05) is 58.8 Å². The lowest BCUT2D eigenvalue weighted by Crippen LogP contribution is -2.42. The number of rotatable bonds is 6. The van der Waals surface area contributed by atoms with Crippen molar-refractivity contribution in [2.75, 3.05) is 6.54 Å². The SMILES string of the molecule is O=C(NCc1nc2ccccc2[nH]1)[C@@H]1C[C@@H](O)CN1Cc1csc(-c2ccc(Cl)cc2)n1. The summed E-state index contributed by atoms with van der Waals surface area (Å²) in [7, 11) is 0. The molecule has 0 unspecified atom stereocenters. The molecule has 5 rings (SSSR count). The second-order valence-corrected chi connectivity index (χ2v) is 9.20. The Kier molecular flexibility index (Phi) is 5.93. The van der Waals surface area contributed by atoms with Crippen LogP contribution in [-0.4, -0.2) is 49.6 Å². The van der Waals surface area contributed by atoms with Crippen LogP contribution in [0.25, 0.3) is 21.6 Å². The van der Waals surface area contributed by atoms with Crippen molar-refractivity contribution in [2.45, 2.75) is 31.7 Å². The van der Waals surface area contributed by atoms with Crippen molar-refractivity contribution in [3.63, 3.8) is 0 Å². The van der Waals surface area contributed by atoms with E-state index >= 15 is 0 Å². The highest BCUT2D eigenvalue weighted by molar-refractivity contribution is 7.13. The molecule has 3 N–H and O–H groups in total. The molecule has 32 heavy (non-hydrogen) atoms. The van der Waals surface area contributed by atoms with Crippen LogP contribution in [0.3, 0.4) is 0 Å². The van der Waals surface area contributed by atoms with Crippen LogP contribution in [0.15, 0.2) is 53.9 Å². The van der Waals surface area contributed by atoms with E-state index in [9.17, 15) is 9.90 Å². The topological polar surface area (TPSA) is 94.1 Å². The third-order valence-corrected chi connectivity index (χ3v) is 6.75. The number of β-amino-alcohol motifs (C(OH)–C–C–N with tert-alkyl or cyclic N) is 1. The van der Waals surface area contributed by atoms with Gasteiger partial charge in [0.2, 0.25) is 5.91 Å². The smallest absolute Gasteiger partial charge is 0.237 e. The first-order chi connectivity index (χ1) is 15.5.